The van der Waals surface area contributed by atoms with E-state index in [0.717, 1.165) is 5.69 Å². The van der Waals surface area contributed by atoms with Crippen molar-refractivity contribution in [1.82, 2.24) is 0 Å². The van der Waals surface area contributed by atoms with Gasteiger partial charge in [0.2, 0.25) is 0 Å². The average molecular weight is 274 g/mol. The maximum atomic E-state index is 13.0. The number of anilines is 3. The number of hydrogen-bond acceptors (Lipinski definition) is 4. The Morgan fingerprint density at radius 1 is 1.20 bits per heavy atom. The Bertz CT molecular complexity index is 626. The molecule has 0 saturated heterocycles. The van der Waals surface area contributed by atoms with Crippen molar-refractivity contribution < 1.29 is 13.9 Å². The standard InChI is InChI=1S/C15H15FN2O2/c1-18(12-6-3-10(16)4-7-12)14-8-5-11(17)9-13(14)15(19)20-2/h3-9H,17H2,1-2H3. The van der Waals surface area contributed by atoms with Crippen molar-refractivity contribution in [2.24, 2.45) is 0 Å². The second-order valence-electron chi connectivity index (χ2n) is 4.30. The third-order valence-corrected chi connectivity index (χ3v) is 3.00. The van der Waals surface area contributed by atoms with Gasteiger partial charge in [0, 0.05) is 18.4 Å². The zero-order valence-corrected chi connectivity index (χ0v) is 11.3. The van der Waals surface area contributed by atoms with E-state index in [-0.39, 0.29) is 5.82 Å². The molecule has 2 aromatic rings. The molecule has 5 heteroatoms. The molecular weight excluding hydrogens is 259 g/mol. The van der Waals surface area contributed by atoms with Crippen LogP contribution in [0.25, 0.3) is 0 Å². The molecule has 0 fully saturated rings. The molecule has 2 rings (SSSR count). The van der Waals surface area contributed by atoms with Crippen LogP contribution in [0, 0.1) is 5.82 Å². The Morgan fingerprint density at radius 3 is 2.45 bits per heavy atom. The molecule has 0 unspecified atom stereocenters. The topological polar surface area (TPSA) is 55.6 Å². The molecule has 4 nitrogen and oxygen atoms in total. The fraction of sp³-hybridized carbons (Fsp3) is 0.133. The Balaban J connectivity index is 2.46. The molecule has 0 atom stereocenters. The van der Waals surface area contributed by atoms with Crippen molar-refractivity contribution in [3.8, 4) is 0 Å². The molecule has 0 aliphatic rings. The zero-order valence-electron chi connectivity index (χ0n) is 11.3. The van der Waals surface area contributed by atoms with Crippen molar-refractivity contribution in [2.75, 3.05) is 24.8 Å². The van der Waals surface area contributed by atoms with Crippen LogP contribution in [0.4, 0.5) is 21.5 Å². The van der Waals surface area contributed by atoms with Gasteiger partial charge in [0.15, 0.2) is 0 Å². The number of carbonyl (C=O) groups excluding carboxylic acids is 1. The van der Waals surface area contributed by atoms with Gasteiger partial charge in [0.05, 0.1) is 18.4 Å². The third-order valence-electron chi connectivity index (χ3n) is 3.00. The highest BCUT2D eigenvalue weighted by Gasteiger charge is 2.16. The maximum absolute atomic E-state index is 13.0. The van der Waals surface area contributed by atoms with Crippen molar-refractivity contribution in [3.63, 3.8) is 0 Å². The average Bonchev–Trinajstić information content (AvgIpc) is 2.46. The summed E-state index contributed by atoms with van der Waals surface area (Å²) in [6.07, 6.45) is 0. The lowest BCUT2D eigenvalue weighted by molar-refractivity contribution is 0.0601. The summed E-state index contributed by atoms with van der Waals surface area (Å²) in [5.74, 6) is -0.783. The first kappa shape index (κ1) is 13.9. The molecule has 0 bridgehead atoms. The van der Waals surface area contributed by atoms with Crippen LogP contribution in [0.15, 0.2) is 42.5 Å². The van der Waals surface area contributed by atoms with Gasteiger partial charge in [-0.2, -0.15) is 0 Å². The van der Waals surface area contributed by atoms with Crippen LogP contribution >= 0.6 is 0 Å². The number of carbonyl (C=O) groups is 1. The van der Waals surface area contributed by atoms with E-state index in [4.69, 9.17) is 10.5 Å². The number of benzene rings is 2. The van der Waals surface area contributed by atoms with Crippen LogP contribution in [-0.4, -0.2) is 20.1 Å². The first-order valence-corrected chi connectivity index (χ1v) is 6.00. The van der Waals surface area contributed by atoms with Gasteiger partial charge in [-0.3, -0.25) is 0 Å². The smallest absolute Gasteiger partial charge is 0.340 e. The monoisotopic (exact) mass is 274 g/mol. The van der Waals surface area contributed by atoms with Crippen LogP contribution in [0.2, 0.25) is 0 Å². The van der Waals surface area contributed by atoms with E-state index >= 15 is 0 Å². The summed E-state index contributed by atoms with van der Waals surface area (Å²) in [7, 11) is 3.10. The van der Waals surface area contributed by atoms with Gasteiger partial charge < -0.3 is 15.4 Å². The number of nitrogens with two attached hydrogens (primary N) is 1. The number of rotatable bonds is 3. The van der Waals surface area contributed by atoms with Crippen LogP contribution in [0.1, 0.15) is 10.4 Å². The van der Waals surface area contributed by atoms with Crippen LogP contribution in [0.3, 0.4) is 0 Å². The summed E-state index contributed by atoms with van der Waals surface area (Å²) in [4.78, 5) is 13.6. The van der Waals surface area contributed by atoms with Gasteiger partial charge >= 0.3 is 5.97 Å². The number of methoxy groups -OCH3 is 1. The first-order valence-electron chi connectivity index (χ1n) is 6.00. The minimum Gasteiger partial charge on any atom is -0.465 e. The van der Waals surface area contributed by atoms with E-state index in [2.05, 4.69) is 0 Å². The van der Waals surface area contributed by atoms with E-state index < -0.39 is 5.97 Å². The molecule has 0 heterocycles. The molecule has 0 amide bonds. The van der Waals surface area contributed by atoms with Crippen molar-refractivity contribution in [2.45, 2.75) is 0 Å². The number of esters is 1. The molecule has 2 aromatic carbocycles. The van der Waals surface area contributed by atoms with E-state index in [9.17, 15) is 9.18 Å². The summed E-state index contributed by atoms with van der Waals surface area (Å²) in [5.41, 5.74) is 7.92. The Morgan fingerprint density at radius 2 is 1.85 bits per heavy atom. The second-order valence-corrected chi connectivity index (χ2v) is 4.30. The summed E-state index contributed by atoms with van der Waals surface area (Å²) in [6, 6.07) is 11.0. The minimum atomic E-state index is -0.471. The van der Waals surface area contributed by atoms with E-state index in [1.165, 1.54) is 19.2 Å². The summed E-state index contributed by atoms with van der Waals surface area (Å²) in [5, 5.41) is 0. The van der Waals surface area contributed by atoms with Gasteiger partial charge in [-0.15, -0.1) is 0 Å². The normalized spacial score (nSPS) is 10.2. The highest BCUT2D eigenvalue weighted by molar-refractivity contribution is 5.97. The number of ether oxygens (including phenoxy) is 1. The molecule has 2 N–H and O–H groups in total. The number of halogens is 1. The molecule has 0 radical (unpaired) electrons. The molecule has 0 spiro atoms. The predicted octanol–water partition coefficient (Wildman–Crippen LogP) is 2.96. The quantitative estimate of drug-likeness (QED) is 0.690. The molecule has 0 aliphatic carbocycles. The lowest BCUT2D eigenvalue weighted by Crippen LogP contribution is -2.15. The molecule has 0 saturated carbocycles. The third kappa shape index (κ3) is 2.71. The Kier molecular flexibility index (Phi) is 3.89. The lowest BCUT2D eigenvalue weighted by Gasteiger charge is -2.22. The Hall–Kier alpha value is -2.56. The number of nitrogen functional groups attached to an aromatic ring is 1. The van der Waals surface area contributed by atoms with E-state index in [1.807, 2.05) is 0 Å². The molecule has 0 aromatic heterocycles. The fourth-order valence-electron chi connectivity index (χ4n) is 1.92. The second kappa shape index (κ2) is 5.61. The van der Waals surface area contributed by atoms with Gasteiger partial charge in [0.25, 0.3) is 0 Å². The Labute approximate surface area is 116 Å². The first-order chi connectivity index (χ1) is 9.52. The largest absolute Gasteiger partial charge is 0.465 e. The summed E-state index contributed by atoms with van der Waals surface area (Å²) in [6.45, 7) is 0. The van der Waals surface area contributed by atoms with Gasteiger partial charge in [-0.1, -0.05) is 0 Å². The summed E-state index contributed by atoms with van der Waals surface area (Å²) < 4.78 is 17.7. The van der Waals surface area contributed by atoms with Gasteiger partial charge in [0.1, 0.15) is 5.82 Å². The van der Waals surface area contributed by atoms with E-state index in [0.29, 0.717) is 16.9 Å². The molecular formula is C15H15FN2O2. The minimum absolute atomic E-state index is 0.312. The van der Waals surface area contributed by atoms with Gasteiger partial charge in [-0.05, 0) is 42.5 Å². The van der Waals surface area contributed by atoms with Crippen LogP contribution < -0.4 is 10.6 Å². The zero-order chi connectivity index (χ0) is 14.7. The summed E-state index contributed by atoms with van der Waals surface area (Å²) >= 11 is 0. The molecule has 104 valence electrons. The van der Waals surface area contributed by atoms with Crippen molar-refractivity contribution in [3.05, 3.63) is 53.8 Å². The molecule has 0 aliphatic heterocycles. The lowest BCUT2D eigenvalue weighted by atomic mass is 10.1. The SMILES string of the molecule is COC(=O)c1cc(N)ccc1N(C)c1ccc(F)cc1. The van der Waals surface area contributed by atoms with Crippen LogP contribution in [0.5, 0.6) is 0 Å². The molecule has 20 heavy (non-hydrogen) atoms. The fourth-order valence-corrected chi connectivity index (χ4v) is 1.92. The van der Waals surface area contributed by atoms with Crippen LogP contribution in [-0.2, 0) is 4.74 Å². The number of nitrogens with zero attached hydrogens (tertiary/aromatic N) is 1. The number of hydrogen-bond donors (Lipinski definition) is 1. The van der Waals surface area contributed by atoms with Gasteiger partial charge in [-0.25, -0.2) is 9.18 Å². The van der Waals surface area contributed by atoms with Crippen molar-refractivity contribution in [1.29, 1.82) is 0 Å². The highest BCUT2D eigenvalue weighted by atomic mass is 19.1. The van der Waals surface area contributed by atoms with Crippen molar-refractivity contribution >= 4 is 23.0 Å². The highest BCUT2D eigenvalue weighted by Crippen LogP contribution is 2.29. The predicted molar refractivity (Wildman–Crippen MR) is 76.7 cm³/mol. The maximum Gasteiger partial charge on any atom is 0.340 e. The van der Waals surface area contributed by atoms with E-state index in [1.54, 1.807) is 42.3 Å².